The van der Waals surface area contributed by atoms with Gasteiger partial charge in [-0.2, -0.15) is 0 Å². The summed E-state index contributed by atoms with van der Waals surface area (Å²) in [6.07, 6.45) is 1.06. The minimum absolute atomic E-state index is 0.0879. The lowest BCUT2D eigenvalue weighted by Gasteiger charge is -2.13. The normalized spacial score (nSPS) is 17.4. The van der Waals surface area contributed by atoms with Crippen LogP contribution in [0.2, 0.25) is 0 Å². The largest absolute Gasteiger partial charge is 0.494 e. The Morgan fingerprint density at radius 3 is 2.90 bits per heavy atom. The van der Waals surface area contributed by atoms with Crippen LogP contribution in [0.4, 0.5) is 0 Å². The topological polar surface area (TPSA) is 90.6 Å². The van der Waals surface area contributed by atoms with Crippen molar-refractivity contribution in [1.29, 1.82) is 0 Å². The number of hydrogen-bond donors (Lipinski definition) is 2. The second kappa shape index (κ2) is 6.64. The molecular formula is C14H22N2O4S. The van der Waals surface area contributed by atoms with E-state index < -0.39 is 10.0 Å². The molecule has 1 aliphatic rings. The molecule has 0 amide bonds. The van der Waals surface area contributed by atoms with Crippen molar-refractivity contribution in [3.8, 4) is 11.5 Å². The fourth-order valence-corrected chi connectivity index (χ4v) is 2.78. The van der Waals surface area contributed by atoms with E-state index in [1.165, 1.54) is 0 Å². The predicted octanol–water partition coefficient (Wildman–Crippen LogP) is 0.787. The molecule has 0 spiro atoms. The second-order valence-corrected chi connectivity index (χ2v) is 6.91. The van der Waals surface area contributed by atoms with Gasteiger partial charge in [-0.3, -0.25) is 0 Å². The van der Waals surface area contributed by atoms with Gasteiger partial charge in [0.2, 0.25) is 10.0 Å². The highest BCUT2D eigenvalue weighted by Crippen LogP contribution is 2.35. The molecule has 1 heterocycles. The SMILES string of the molecule is CCOc1cc2c(cc1CNCCS(N)(=O)=O)OC(C)C2. The van der Waals surface area contributed by atoms with Crippen molar-refractivity contribution in [3.63, 3.8) is 0 Å². The molecule has 0 saturated heterocycles. The molecule has 3 N–H and O–H groups in total. The summed E-state index contributed by atoms with van der Waals surface area (Å²) in [6.45, 7) is 5.36. The summed E-state index contributed by atoms with van der Waals surface area (Å²) in [5, 5.41) is 8.03. The lowest BCUT2D eigenvalue weighted by Crippen LogP contribution is -2.27. The van der Waals surface area contributed by atoms with Gasteiger partial charge in [0.1, 0.15) is 17.6 Å². The Hall–Kier alpha value is -1.31. The summed E-state index contributed by atoms with van der Waals surface area (Å²) < 4.78 is 33.2. The van der Waals surface area contributed by atoms with Crippen molar-refractivity contribution in [1.82, 2.24) is 5.32 Å². The molecule has 21 heavy (non-hydrogen) atoms. The third-order valence-corrected chi connectivity index (χ3v) is 4.03. The maximum absolute atomic E-state index is 10.9. The van der Waals surface area contributed by atoms with Crippen molar-refractivity contribution >= 4 is 10.0 Å². The summed E-state index contributed by atoms with van der Waals surface area (Å²) in [5.74, 6) is 1.61. The molecule has 1 aromatic rings. The van der Waals surface area contributed by atoms with E-state index in [1.54, 1.807) is 0 Å². The molecule has 0 radical (unpaired) electrons. The molecule has 1 aliphatic heterocycles. The number of nitrogens with two attached hydrogens (primary N) is 1. The minimum atomic E-state index is -3.43. The van der Waals surface area contributed by atoms with Crippen molar-refractivity contribution < 1.29 is 17.9 Å². The number of ether oxygens (including phenoxy) is 2. The molecule has 2 rings (SSSR count). The third kappa shape index (κ3) is 4.59. The van der Waals surface area contributed by atoms with Crippen molar-refractivity contribution in [2.45, 2.75) is 32.9 Å². The smallest absolute Gasteiger partial charge is 0.210 e. The second-order valence-electron chi connectivity index (χ2n) is 5.18. The highest BCUT2D eigenvalue weighted by Gasteiger charge is 2.21. The molecule has 1 atom stereocenters. The summed E-state index contributed by atoms with van der Waals surface area (Å²) in [7, 11) is -3.43. The van der Waals surface area contributed by atoms with Crippen LogP contribution in [-0.2, 0) is 23.0 Å². The molecular weight excluding hydrogens is 292 g/mol. The monoisotopic (exact) mass is 314 g/mol. The Labute approximate surface area is 125 Å². The molecule has 1 unspecified atom stereocenters. The molecule has 7 heteroatoms. The van der Waals surface area contributed by atoms with Crippen molar-refractivity contribution in [2.24, 2.45) is 5.14 Å². The van der Waals surface area contributed by atoms with E-state index in [-0.39, 0.29) is 11.9 Å². The van der Waals surface area contributed by atoms with Crippen LogP contribution in [0.1, 0.15) is 25.0 Å². The average molecular weight is 314 g/mol. The van der Waals surface area contributed by atoms with Crippen LogP contribution < -0.4 is 19.9 Å². The number of benzene rings is 1. The Kier molecular flexibility index (Phi) is 5.08. The molecule has 0 bridgehead atoms. The van der Waals surface area contributed by atoms with Gasteiger partial charge in [-0.15, -0.1) is 0 Å². The van der Waals surface area contributed by atoms with Gasteiger partial charge in [0, 0.05) is 30.6 Å². The van der Waals surface area contributed by atoms with E-state index in [0.29, 0.717) is 19.7 Å². The van der Waals surface area contributed by atoms with Crippen LogP contribution >= 0.6 is 0 Å². The fraction of sp³-hybridized carbons (Fsp3) is 0.571. The summed E-state index contributed by atoms with van der Waals surface area (Å²) in [6, 6.07) is 3.98. The van der Waals surface area contributed by atoms with E-state index >= 15 is 0 Å². The molecule has 6 nitrogen and oxygen atoms in total. The van der Waals surface area contributed by atoms with Gasteiger partial charge < -0.3 is 14.8 Å². The van der Waals surface area contributed by atoms with Crippen LogP contribution in [0, 0.1) is 0 Å². The maximum atomic E-state index is 10.9. The van der Waals surface area contributed by atoms with Crippen molar-refractivity contribution in [2.75, 3.05) is 18.9 Å². The average Bonchev–Trinajstić information content (AvgIpc) is 2.73. The predicted molar refractivity (Wildman–Crippen MR) is 81.1 cm³/mol. The van der Waals surface area contributed by atoms with Gasteiger partial charge in [-0.25, -0.2) is 13.6 Å². The Morgan fingerprint density at radius 2 is 2.24 bits per heavy atom. The number of hydrogen-bond acceptors (Lipinski definition) is 5. The first-order valence-electron chi connectivity index (χ1n) is 7.05. The number of sulfonamides is 1. The highest BCUT2D eigenvalue weighted by atomic mass is 32.2. The quantitative estimate of drug-likeness (QED) is 0.726. The summed E-state index contributed by atoms with van der Waals surface area (Å²) >= 11 is 0. The molecule has 0 fully saturated rings. The highest BCUT2D eigenvalue weighted by molar-refractivity contribution is 7.89. The number of nitrogens with one attached hydrogen (secondary N) is 1. The van der Waals surface area contributed by atoms with Gasteiger partial charge >= 0.3 is 0 Å². The van der Waals surface area contributed by atoms with Gasteiger partial charge in [0.15, 0.2) is 0 Å². The van der Waals surface area contributed by atoms with Crippen LogP contribution in [0.15, 0.2) is 12.1 Å². The Balaban J connectivity index is 2.05. The lowest BCUT2D eigenvalue weighted by atomic mass is 10.1. The standard InChI is InChI=1S/C14H22N2O4S/c1-3-19-13-7-11-6-10(2)20-14(11)8-12(13)9-16-4-5-21(15,17)18/h7-8,10,16H,3-6,9H2,1-2H3,(H2,15,17,18). The van der Waals surface area contributed by atoms with Crippen molar-refractivity contribution in [3.05, 3.63) is 23.3 Å². The van der Waals surface area contributed by atoms with Crippen LogP contribution in [0.3, 0.4) is 0 Å². The summed E-state index contributed by atoms with van der Waals surface area (Å²) in [5.41, 5.74) is 2.11. The number of primary sulfonamides is 1. The Morgan fingerprint density at radius 1 is 1.48 bits per heavy atom. The van der Waals surface area contributed by atoms with Crippen LogP contribution in [0.5, 0.6) is 11.5 Å². The molecule has 0 saturated carbocycles. The maximum Gasteiger partial charge on any atom is 0.210 e. The van der Waals surface area contributed by atoms with Gasteiger partial charge in [0.25, 0.3) is 0 Å². The lowest BCUT2D eigenvalue weighted by molar-refractivity contribution is 0.254. The Bertz CT molecular complexity index is 601. The minimum Gasteiger partial charge on any atom is -0.494 e. The zero-order valence-electron chi connectivity index (χ0n) is 12.4. The van der Waals surface area contributed by atoms with E-state index in [1.807, 2.05) is 26.0 Å². The van der Waals surface area contributed by atoms with E-state index in [4.69, 9.17) is 14.6 Å². The van der Waals surface area contributed by atoms with Gasteiger partial charge in [-0.05, 0) is 26.0 Å². The van der Waals surface area contributed by atoms with Gasteiger partial charge in [-0.1, -0.05) is 0 Å². The number of rotatable bonds is 7. The molecule has 118 valence electrons. The zero-order valence-corrected chi connectivity index (χ0v) is 13.2. The van der Waals surface area contributed by atoms with E-state index in [0.717, 1.165) is 29.0 Å². The zero-order chi connectivity index (χ0) is 15.5. The number of fused-ring (bicyclic) bond motifs is 1. The molecule has 0 aliphatic carbocycles. The van der Waals surface area contributed by atoms with E-state index in [2.05, 4.69) is 5.32 Å². The first kappa shape index (κ1) is 16.1. The molecule has 1 aromatic carbocycles. The van der Waals surface area contributed by atoms with Crippen LogP contribution in [0.25, 0.3) is 0 Å². The first-order valence-corrected chi connectivity index (χ1v) is 8.77. The summed E-state index contributed by atoms with van der Waals surface area (Å²) in [4.78, 5) is 0. The van der Waals surface area contributed by atoms with Crippen LogP contribution in [-0.4, -0.2) is 33.4 Å². The fourth-order valence-electron chi connectivity index (χ4n) is 2.35. The first-order chi connectivity index (χ1) is 9.89. The molecule has 0 aromatic heterocycles. The third-order valence-electron chi connectivity index (χ3n) is 3.26. The van der Waals surface area contributed by atoms with E-state index in [9.17, 15) is 8.42 Å². The van der Waals surface area contributed by atoms with Gasteiger partial charge in [0.05, 0.1) is 12.4 Å².